The summed E-state index contributed by atoms with van der Waals surface area (Å²) in [5.41, 5.74) is 2.74. The van der Waals surface area contributed by atoms with E-state index in [0.717, 1.165) is 83.5 Å². The maximum atomic E-state index is 11.7. The van der Waals surface area contributed by atoms with Crippen molar-refractivity contribution in [1.29, 1.82) is 0 Å². The molecule has 0 saturated carbocycles. The van der Waals surface area contributed by atoms with Crippen molar-refractivity contribution in [3.63, 3.8) is 0 Å². The van der Waals surface area contributed by atoms with Crippen molar-refractivity contribution in [3.05, 3.63) is 35.4 Å². The van der Waals surface area contributed by atoms with Crippen LogP contribution < -0.4 is 0 Å². The average molecular weight is 837 g/mol. The summed E-state index contributed by atoms with van der Waals surface area (Å²) in [6, 6.07) is 8.36. The van der Waals surface area contributed by atoms with E-state index >= 15 is 0 Å². The van der Waals surface area contributed by atoms with Crippen LogP contribution in [0, 0.1) is 13.8 Å². The monoisotopic (exact) mass is 837 g/mol. The van der Waals surface area contributed by atoms with Crippen molar-refractivity contribution in [1.82, 2.24) is 0 Å². The smallest absolute Gasteiger partial charge is 0.305 e. The maximum Gasteiger partial charge on any atom is 0.305 e. The number of rotatable bonds is 33. The van der Waals surface area contributed by atoms with E-state index in [0.29, 0.717) is 51.3 Å². The highest BCUT2D eigenvalue weighted by atomic mass is 31.1. The second-order valence-electron chi connectivity index (χ2n) is 15.7. The summed E-state index contributed by atoms with van der Waals surface area (Å²) in [6.45, 7) is 16.2. The second kappa shape index (κ2) is 45.8. The van der Waals surface area contributed by atoms with Gasteiger partial charge in [0.05, 0.1) is 32.0 Å². The molecular formula is C49H89O8P. The van der Waals surface area contributed by atoms with Gasteiger partial charge in [0, 0.05) is 25.9 Å². The molecule has 0 bridgehead atoms. The van der Waals surface area contributed by atoms with Gasteiger partial charge in [-0.1, -0.05) is 161 Å². The molecule has 0 aromatic heterocycles. The van der Waals surface area contributed by atoms with Crippen molar-refractivity contribution < 1.29 is 37.9 Å². The molecule has 1 aliphatic heterocycles. The topological polar surface area (TPSA) is 108 Å². The van der Waals surface area contributed by atoms with Crippen LogP contribution in [0.25, 0.3) is 0 Å². The molecule has 1 aromatic carbocycles. The van der Waals surface area contributed by atoms with E-state index in [2.05, 4.69) is 65.8 Å². The van der Waals surface area contributed by atoms with Gasteiger partial charge in [-0.2, -0.15) is 0 Å². The van der Waals surface area contributed by atoms with Crippen LogP contribution in [0.15, 0.2) is 24.3 Å². The van der Waals surface area contributed by atoms with Crippen LogP contribution in [0.4, 0.5) is 0 Å². The van der Waals surface area contributed by atoms with Gasteiger partial charge >= 0.3 is 17.9 Å². The number of esters is 3. The number of ether oxygens (including phenoxy) is 4. The lowest BCUT2D eigenvalue weighted by Crippen LogP contribution is -2.06. The number of carbonyl (C=O) groups excluding carboxylic acids is 3. The fraction of sp³-hybridized carbons (Fsp3) is 0.816. The van der Waals surface area contributed by atoms with Crippen LogP contribution in [0.1, 0.15) is 219 Å². The molecule has 2 rings (SSSR count). The first kappa shape index (κ1) is 57.8. The van der Waals surface area contributed by atoms with Crippen molar-refractivity contribution in [2.24, 2.45) is 0 Å². The quantitative estimate of drug-likeness (QED) is 0.0226. The summed E-state index contributed by atoms with van der Waals surface area (Å²) in [4.78, 5) is 34.4. The molecule has 0 aliphatic carbocycles. The highest BCUT2D eigenvalue weighted by Crippen LogP contribution is 2.31. The molecule has 1 saturated heterocycles. The van der Waals surface area contributed by atoms with Crippen molar-refractivity contribution in [2.45, 2.75) is 234 Å². The van der Waals surface area contributed by atoms with Gasteiger partial charge in [-0.05, 0) is 76.3 Å². The van der Waals surface area contributed by atoms with Crippen LogP contribution in [0.2, 0.25) is 0 Å². The molecular weight excluding hydrogens is 748 g/mol. The minimum absolute atomic E-state index is 0.0262. The Labute approximate surface area is 358 Å². The van der Waals surface area contributed by atoms with Gasteiger partial charge in [-0.3, -0.25) is 18.9 Å². The third-order valence-corrected chi connectivity index (χ3v) is 10.1. The van der Waals surface area contributed by atoms with Crippen LogP contribution in [0.5, 0.6) is 0 Å². The standard InChI is InChI=1S/C22H42O3.C18H34O4.C8H10.CH3OP/c1-3-5-7-9-11-13-16-20-21(25-20)17-15-18-22(23)24-19-14-12-10-8-6-4-2;1-3-5-15-21-17(19)13-11-9-7-8-10-12-14-18(20)22-16-6-4-2;1-7-5-3-4-6-8(7)2;1-3-2/h20-21H,3-19H2,1-2H3;3-16H2,1-2H3;3-6H,1-2H3;1H3. The summed E-state index contributed by atoms with van der Waals surface area (Å²) in [6.07, 6.45) is 31.3. The number of unbranched alkanes of at least 4 members (excludes halogenated alkanes) is 17. The molecule has 1 fully saturated rings. The minimum atomic E-state index is -0.0664. The Hall–Kier alpha value is -2.31. The molecule has 2 atom stereocenters. The molecule has 1 aliphatic rings. The molecule has 8 nitrogen and oxygen atoms in total. The normalized spacial score (nSPS) is 13.8. The predicted octanol–water partition coefficient (Wildman–Crippen LogP) is 14.6. The van der Waals surface area contributed by atoms with Gasteiger partial charge in [0.25, 0.3) is 0 Å². The fourth-order valence-electron chi connectivity index (χ4n) is 6.11. The van der Waals surface area contributed by atoms with E-state index in [1.54, 1.807) is 6.66 Å². The van der Waals surface area contributed by atoms with Crippen LogP contribution in [0.3, 0.4) is 0 Å². The van der Waals surface area contributed by atoms with Crippen molar-refractivity contribution in [3.8, 4) is 0 Å². The zero-order chi connectivity index (χ0) is 43.3. The van der Waals surface area contributed by atoms with E-state index < -0.39 is 0 Å². The highest BCUT2D eigenvalue weighted by Gasteiger charge is 2.37. The van der Waals surface area contributed by atoms with E-state index in [1.807, 2.05) is 0 Å². The molecule has 0 radical (unpaired) electrons. The van der Waals surface area contributed by atoms with Crippen molar-refractivity contribution in [2.75, 3.05) is 26.5 Å². The SMILES string of the molecule is CCCCCCCCOC(=O)CCCC1OC1CCCCCCCC.CCCCOC(=O)CCCCCCCCC(=O)OCCCC.CP=O.Cc1ccccc1C. The Morgan fingerprint density at radius 2 is 0.793 bits per heavy atom. The molecule has 9 heteroatoms. The first-order chi connectivity index (χ1) is 28.2. The first-order valence-corrected chi connectivity index (χ1v) is 24.8. The van der Waals surface area contributed by atoms with Gasteiger partial charge < -0.3 is 18.9 Å². The largest absolute Gasteiger partial charge is 0.466 e. The van der Waals surface area contributed by atoms with Gasteiger partial charge in [0.15, 0.2) is 8.46 Å². The first-order valence-electron chi connectivity index (χ1n) is 23.6. The van der Waals surface area contributed by atoms with Crippen molar-refractivity contribution >= 4 is 26.4 Å². The Morgan fingerprint density at radius 3 is 1.19 bits per heavy atom. The zero-order valence-corrected chi connectivity index (χ0v) is 39.5. The lowest BCUT2D eigenvalue weighted by molar-refractivity contribution is -0.144. The number of benzene rings is 1. The van der Waals surface area contributed by atoms with E-state index in [4.69, 9.17) is 23.5 Å². The average Bonchev–Trinajstić information content (AvgIpc) is 3.96. The summed E-state index contributed by atoms with van der Waals surface area (Å²) in [5, 5.41) is 0. The number of hydrogen-bond acceptors (Lipinski definition) is 8. The molecule has 1 aromatic rings. The highest BCUT2D eigenvalue weighted by molar-refractivity contribution is 7.22. The number of aryl methyl sites for hydroxylation is 2. The van der Waals surface area contributed by atoms with Crippen LogP contribution in [-0.4, -0.2) is 56.6 Å². The lowest BCUT2D eigenvalue weighted by atomic mass is 10.1. The summed E-state index contributed by atoms with van der Waals surface area (Å²) in [5.74, 6) is -0.159. The number of epoxide rings is 1. The summed E-state index contributed by atoms with van der Waals surface area (Å²) in [7, 11) is 0.167. The van der Waals surface area contributed by atoms with Crippen LogP contribution in [-0.2, 0) is 37.9 Å². The van der Waals surface area contributed by atoms with E-state index in [-0.39, 0.29) is 26.4 Å². The number of carbonyl (C=O) groups is 3. The predicted molar refractivity (Wildman–Crippen MR) is 243 cm³/mol. The summed E-state index contributed by atoms with van der Waals surface area (Å²) >= 11 is 0. The minimum Gasteiger partial charge on any atom is -0.466 e. The molecule has 0 spiro atoms. The Bertz CT molecular complexity index is 1030. The van der Waals surface area contributed by atoms with E-state index in [9.17, 15) is 14.4 Å². The third-order valence-electron chi connectivity index (χ3n) is 10.1. The fourth-order valence-corrected chi connectivity index (χ4v) is 6.11. The molecule has 1 heterocycles. The Morgan fingerprint density at radius 1 is 0.483 bits per heavy atom. The molecule has 338 valence electrons. The zero-order valence-electron chi connectivity index (χ0n) is 38.6. The van der Waals surface area contributed by atoms with Gasteiger partial charge in [0.2, 0.25) is 0 Å². The van der Waals surface area contributed by atoms with E-state index in [1.165, 1.54) is 88.2 Å². The van der Waals surface area contributed by atoms with Gasteiger partial charge in [0.1, 0.15) is 0 Å². The molecule has 0 N–H and O–H groups in total. The molecule has 58 heavy (non-hydrogen) atoms. The van der Waals surface area contributed by atoms with Gasteiger partial charge in [-0.15, -0.1) is 0 Å². The second-order valence-corrected chi connectivity index (χ2v) is 16.1. The summed E-state index contributed by atoms with van der Waals surface area (Å²) < 4.78 is 30.1. The maximum absolute atomic E-state index is 11.7. The number of hydrogen-bond donors (Lipinski definition) is 0. The lowest BCUT2D eigenvalue weighted by Gasteiger charge is -2.05. The molecule has 0 amide bonds. The Balaban J connectivity index is 0. The molecule has 2 unspecified atom stereocenters. The Kier molecular flexibility index (Phi) is 45.6. The van der Waals surface area contributed by atoms with Gasteiger partial charge in [-0.25, -0.2) is 0 Å². The van der Waals surface area contributed by atoms with Crippen LogP contribution >= 0.6 is 8.46 Å². The third kappa shape index (κ3) is 43.3.